The Morgan fingerprint density at radius 3 is 2.82 bits per heavy atom. The third-order valence-electron chi connectivity index (χ3n) is 4.47. The number of hydrogen-bond donors (Lipinski definition) is 1. The van der Waals surface area contributed by atoms with Crippen LogP contribution in [0.4, 0.5) is 5.69 Å². The van der Waals surface area contributed by atoms with Crippen LogP contribution in [0, 0.1) is 13.8 Å². The number of nitrogens with zero attached hydrogens (tertiary/aromatic N) is 2. The molecule has 0 saturated heterocycles. The molecule has 7 heteroatoms. The van der Waals surface area contributed by atoms with Crippen molar-refractivity contribution >= 4 is 55.9 Å². The predicted octanol–water partition coefficient (Wildman–Crippen LogP) is 4.52. The summed E-state index contributed by atoms with van der Waals surface area (Å²) in [6, 6.07) is 13.9. The van der Waals surface area contributed by atoms with E-state index in [2.05, 4.69) is 15.3 Å². The van der Waals surface area contributed by atoms with Crippen molar-refractivity contribution in [2.24, 2.45) is 4.99 Å². The number of amides is 2. The van der Waals surface area contributed by atoms with Gasteiger partial charge in [-0.1, -0.05) is 36.0 Å². The summed E-state index contributed by atoms with van der Waals surface area (Å²) in [5, 5.41) is 4.11. The fourth-order valence-electron chi connectivity index (χ4n) is 3.01. The molecule has 142 valence electrons. The maximum atomic E-state index is 12.4. The minimum absolute atomic E-state index is 0.115. The first-order valence-electron chi connectivity index (χ1n) is 8.97. The molecule has 0 bridgehead atoms. The lowest BCUT2D eigenvalue weighted by molar-refractivity contribution is -0.121. The number of thiazole rings is 1. The summed E-state index contributed by atoms with van der Waals surface area (Å²) in [7, 11) is 0. The second-order valence-electron chi connectivity index (χ2n) is 6.77. The van der Waals surface area contributed by atoms with E-state index in [1.54, 1.807) is 11.3 Å². The lowest BCUT2D eigenvalue weighted by Gasteiger charge is -2.11. The third kappa shape index (κ3) is 4.15. The summed E-state index contributed by atoms with van der Waals surface area (Å²) in [6.07, 6.45) is 0.647. The van der Waals surface area contributed by atoms with Crippen molar-refractivity contribution in [1.29, 1.82) is 0 Å². The van der Waals surface area contributed by atoms with Crippen molar-refractivity contribution in [3.63, 3.8) is 0 Å². The van der Waals surface area contributed by atoms with Gasteiger partial charge in [-0.3, -0.25) is 9.59 Å². The molecule has 1 aliphatic rings. The molecule has 2 aromatic carbocycles. The number of anilines is 1. The van der Waals surface area contributed by atoms with Crippen molar-refractivity contribution in [2.45, 2.75) is 31.9 Å². The molecule has 5 nitrogen and oxygen atoms in total. The zero-order valence-corrected chi connectivity index (χ0v) is 17.2. The van der Waals surface area contributed by atoms with Crippen LogP contribution in [0.2, 0.25) is 0 Å². The first kappa shape index (κ1) is 18.8. The van der Waals surface area contributed by atoms with Crippen LogP contribution in [0.25, 0.3) is 10.2 Å². The summed E-state index contributed by atoms with van der Waals surface area (Å²) < 4.78 is 1.12. The van der Waals surface area contributed by atoms with Crippen LogP contribution in [-0.2, 0) is 16.0 Å². The molecule has 1 aromatic heterocycles. The number of carbonyl (C=O) groups is 2. The molecule has 0 saturated carbocycles. The summed E-state index contributed by atoms with van der Waals surface area (Å²) in [5.41, 5.74) is 3.82. The van der Waals surface area contributed by atoms with Crippen LogP contribution >= 0.6 is 23.1 Å². The van der Waals surface area contributed by atoms with E-state index in [1.807, 2.05) is 56.3 Å². The van der Waals surface area contributed by atoms with E-state index >= 15 is 0 Å². The number of aryl methyl sites for hydroxylation is 2. The topological polar surface area (TPSA) is 71.4 Å². The molecule has 0 unspecified atom stereocenters. The average Bonchev–Trinajstić information content (AvgIpc) is 3.21. The van der Waals surface area contributed by atoms with E-state index in [1.165, 1.54) is 11.8 Å². The number of nitrogens with one attached hydrogen (secondary N) is 1. The predicted molar refractivity (Wildman–Crippen MR) is 116 cm³/mol. The van der Waals surface area contributed by atoms with Gasteiger partial charge in [-0.15, -0.1) is 11.3 Å². The molecule has 0 fully saturated rings. The number of rotatable bonds is 5. The van der Waals surface area contributed by atoms with Gasteiger partial charge in [0.05, 0.1) is 15.3 Å². The second-order valence-corrected chi connectivity index (χ2v) is 9.16. The Kier molecular flexibility index (Phi) is 5.28. The number of carbonyl (C=O) groups excluding carboxylic acids is 2. The van der Waals surface area contributed by atoms with Crippen molar-refractivity contribution < 1.29 is 9.59 Å². The summed E-state index contributed by atoms with van der Waals surface area (Å²) in [5.74, 6) is -0.409. The average molecular weight is 410 g/mol. The van der Waals surface area contributed by atoms with Gasteiger partial charge in [0.1, 0.15) is 10.3 Å². The Morgan fingerprint density at radius 2 is 2.00 bits per heavy atom. The van der Waals surface area contributed by atoms with Gasteiger partial charge in [0.15, 0.2) is 0 Å². The minimum Gasteiger partial charge on any atom is -0.326 e. The van der Waals surface area contributed by atoms with Gasteiger partial charge in [-0.2, -0.15) is 0 Å². The van der Waals surface area contributed by atoms with Gasteiger partial charge in [0, 0.05) is 18.5 Å². The Balaban J connectivity index is 1.37. The van der Waals surface area contributed by atoms with Crippen LogP contribution in [0.5, 0.6) is 0 Å². The van der Waals surface area contributed by atoms with Gasteiger partial charge in [-0.25, -0.2) is 9.98 Å². The first-order chi connectivity index (χ1) is 13.5. The second kappa shape index (κ2) is 7.85. The van der Waals surface area contributed by atoms with Crippen molar-refractivity contribution in [3.8, 4) is 0 Å². The molecule has 1 atom stereocenters. The fraction of sp³-hybridized carbons (Fsp3) is 0.238. The normalized spacial score (nSPS) is 16.4. The highest BCUT2D eigenvalue weighted by molar-refractivity contribution is 8.15. The number of para-hydroxylation sites is 1. The molecule has 28 heavy (non-hydrogen) atoms. The number of aromatic nitrogens is 1. The van der Waals surface area contributed by atoms with E-state index in [0.717, 1.165) is 37.1 Å². The smallest absolute Gasteiger partial charge is 0.260 e. The number of hydrogen-bond acceptors (Lipinski definition) is 5. The van der Waals surface area contributed by atoms with Crippen LogP contribution in [-0.4, -0.2) is 27.1 Å². The van der Waals surface area contributed by atoms with Crippen molar-refractivity contribution in [1.82, 2.24) is 4.98 Å². The van der Waals surface area contributed by atoms with E-state index < -0.39 is 5.25 Å². The van der Waals surface area contributed by atoms with E-state index in [9.17, 15) is 9.59 Å². The van der Waals surface area contributed by atoms with Crippen LogP contribution in [0.15, 0.2) is 47.5 Å². The number of fused-ring (bicyclic) bond motifs is 1. The molecule has 3 aromatic rings. The van der Waals surface area contributed by atoms with Crippen molar-refractivity contribution in [3.05, 3.63) is 58.6 Å². The molecule has 2 amide bonds. The zero-order chi connectivity index (χ0) is 19.7. The van der Waals surface area contributed by atoms with Crippen LogP contribution in [0.3, 0.4) is 0 Å². The summed E-state index contributed by atoms with van der Waals surface area (Å²) >= 11 is 2.99. The Hall–Kier alpha value is -2.51. The Labute approximate surface area is 171 Å². The minimum atomic E-state index is -0.463. The fourth-order valence-corrected chi connectivity index (χ4v) is 5.15. The summed E-state index contributed by atoms with van der Waals surface area (Å²) in [6.45, 7) is 3.93. The lowest BCUT2D eigenvalue weighted by atomic mass is 10.1. The standard InChI is InChI=1S/C21H19N3O2S2/c1-12-7-8-13(2)15(9-12)22-18(25)10-17-21(26)24-20(28-17)11-19-23-14-5-3-4-6-16(14)27-19/h3-9,17H,10-11H2,1-2H3,(H,22,25)/t17-/m1/s1. The lowest BCUT2D eigenvalue weighted by Crippen LogP contribution is -2.21. The molecule has 1 aliphatic heterocycles. The highest BCUT2D eigenvalue weighted by atomic mass is 32.2. The quantitative estimate of drug-likeness (QED) is 0.672. The monoisotopic (exact) mass is 409 g/mol. The molecule has 0 radical (unpaired) electrons. The summed E-state index contributed by atoms with van der Waals surface area (Å²) in [4.78, 5) is 33.4. The molecule has 0 spiro atoms. The molecular formula is C21H19N3O2S2. The van der Waals surface area contributed by atoms with E-state index in [-0.39, 0.29) is 18.2 Å². The van der Waals surface area contributed by atoms with Gasteiger partial charge in [0.2, 0.25) is 5.91 Å². The maximum Gasteiger partial charge on any atom is 0.260 e. The largest absolute Gasteiger partial charge is 0.326 e. The Morgan fingerprint density at radius 1 is 1.18 bits per heavy atom. The van der Waals surface area contributed by atoms with E-state index in [4.69, 9.17) is 0 Å². The van der Waals surface area contributed by atoms with Gasteiger partial charge < -0.3 is 5.32 Å². The van der Waals surface area contributed by atoms with Crippen LogP contribution in [0.1, 0.15) is 22.6 Å². The van der Waals surface area contributed by atoms with Crippen molar-refractivity contribution in [2.75, 3.05) is 5.32 Å². The van der Waals surface area contributed by atoms with E-state index in [0.29, 0.717) is 6.42 Å². The van der Waals surface area contributed by atoms with Gasteiger partial charge in [-0.05, 0) is 43.2 Å². The highest BCUT2D eigenvalue weighted by Crippen LogP contribution is 2.30. The zero-order valence-electron chi connectivity index (χ0n) is 15.6. The third-order valence-corrected chi connectivity index (χ3v) is 6.66. The highest BCUT2D eigenvalue weighted by Gasteiger charge is 2.31. The van der Waals surface area contributed by atoms with Gasteiger partial charge >= 0.3 is 0 Å². The maximum absolute atomic E-state index is 12.4. The SMILES string of the molecule is Cc1ccc(C)c(NC(=O)C[C@H]2SC(Cc3nc4ccccc4s3)=NC2=O)c1. The number of thioether (sulfide) groups is 1. The first-order valence-corrected chi connectivity index (χ1v) is 10.7. The van der Waals surface area contributed by atoms with Gasteiger partial charge in [0.25, 0.3) is 5.91 Å². The number of benzene rings is 2. The molecular weight excluding hydrogens is 390 g/mol. The molecule has 4 rings (SSSR count). The molecule has 0 aliphatic carbocycles. The van der Waals surface area contributed by atoms with Crippen LogP contribution < -0.4 is 5.32 Å². The Bertz CT molecular complexity index is 1070. The molecule has 2 heterocycles. The number of aliphatic imine (C=N–C) groups is 1. The molecule has 1 N–H and O–H groups in total.